The van der Waals surface area contributed by atoms with E-state index in [2.05, 4.69) is 4.98 Å². The molecule has 4 aromatic rings. The molecule has 0 bridgehead atoms. The predicted molar refractivity (Wildman–Crippen MR) is 148 cm³/mol. The molecular formula is C29H32N2O6S. The van der Waals surface area contributed by atoms with Crippen LogP contribution < -0.4 is 29.6 Å². The molecule has 0 saturated heterocycles. The fourth-order valence-corrected chi connectivity index (χ4v) is 5.94. The molecule has 1 unspecified atom stereocenters. The number of methoxy groups -OCH3 is 3. The highest BCUT2D eigenvalue weighted by Gasteiger charge is 2.25. The van der Waals surface area contributed by atoms with Crippen LogP contribution in [0.4, 0.5) is 0 Å². The normalized spacial score (nSPS) is 11.8. The van der Waals surface area contributed by atoms with Crippen LogP contribution >= 0.6 is 0 Å². The van der Waals surface area contributed by atoms with E-state index in [0.29, 0.717) is 64.3 Å². The van der Waals surface area contributed by atoms with Gasteiger partial charge in [-0.25, -0.2) is 4.98 Å². The number of ether oxygens (including phenoxy) is 4. The summed E-state index contributed by atoms with van der Waals surface area (Å²) in [6.07, 6.45) is 4.21. The molecule has 0 aliphatic carbocycles. The van der Waals surface area contributed by atoms with E-state index in [0.717, 1.165) is 11.1 Å². The molecule has 0 amide bonds. The third-order valence-corrected chi connectivity index (χ3v) is 8.33. The first-order chi connectivity index (χ1) is 18.4. The van der Waals surface area contributed by atoms with E-state index in [1.807, 2.05) is 37.4 Å². The van der Waals surface area contributed by atoms with Crippen LogP contribution in [0.5, 0.6) is 28.7 Å². The van der Waals surface area contributed by atoms with Crippen LogP contribution in [0, 0.1) is 6.92 Å². The van der Waals surface area contributed by atoms with Crippen molar-refractivity contribution >= 4 is 21.9 Å². The minimum absolute atomic E-state index is 0.240. The number of rotatable bonds is 11. The molecule has 0 aliphatic rings. The number of pyridine rings is 2. The molecule has 2 aromatic heterocycles. The van der Waals surface area contributed by atoms with Crippen molar-refractivity contribution in [1.82, 2.24) is 9.55 Å². The highest BCUT2D eigenvalue weighted by molar-refractivity contribution is 7.96. The fourth-order valence-electron chi connectivity index (χ4n) is 4.35. The van der Waals surface area contributed by atoms with Crippen LogP contribution in [-0.4, -0.2) is 49.5 Å². The zero-order valence-electron chi connectivity index (χ0n) is 22.3. The van der Waals surface area contributed by atoms with E-state index in [9.17, 15) is 9.90 Å². The van der Waals surface area contributed by atoms with Gasteiger partial charge in [-0.15, -0.1) is 0 Å². The Kier molecular flexibility index (Phi) is 8.68. The number of hydrogen-bond donors (Lipinski definition) is 0. The minimum atomic E-state index is -0.584. The molecule has 9 heteroatoms. The van der Waals surface area contributed by atoms with Crippen molar-refractivity contribution in [2.24, 2.45) is 0 Å². The second-order valence-electron chi connectivity index (χ2n) is 8.75. The van der Waals surface area contributed by atoms with Gasteiger partial charge in [-0.2, -0.15) is 0 Å². The summed E-state index contributed by atoms with van der Waals surface area (Å²) >= 11 is 0. The molecule has 0 radical (unpaired) electrons. The van der Waals surface area contributed by atoms with E-state index >= 15 is 0 Å². The maximum atomic E-state index is 13.7. The Balaban J connectivity index is 1.55. The molecule has 2 heterocycles. The Bertz CT molecular complexity index is 1460. The van der Waals surface area contributed by atoms with Gasteiger partial charge in [-0.05, 0) is 29.9 Å². The number of fused-ring (bicyclic) bond motifs is 1. The van der Waals surface area contributed by atoms with Crippen LogP contribution in [0.2, 0.25) is 0 Å². The van der Waals surface area contributed by atoms with E-state index in [1.54, 1.807) is 56.4 Å². The summed E-state index contributed by atoms with van der Waals surface area (Å²) in [6.45, 7) is 2.77. The maximum absolute atomic E-state index is 13.7. The average molecular weight is 537 g/mol. The molecule has 0 saturated carbocycles. The van der Waals surface area contributed by atoms with Crippen LogP contribution in [0.3, 0.4) is 0 Å². The lowest BCUT2D eigenvalue weighted by atomic mass is 10.1. The van der Waals surface area contributed by atoms with Crippen molar-refractivity contribution < 1.29 is 24.1 Å². The van der Waals surface area contributed by atoms with E-state index in [4.69, 9.17) is 18.9 Å². The Hall–Kier alpha value is -3.85. The summed E-state index contributed by atoms with van der Waals surface area (Å²) in [6, 6.07) is 14.9. The highest BCUT2D eigenvalue weighted by atomic mass is 32.2. The van der Waals surface area contributed by atoms with Crippen LogP contribution in [-0.2, 0) is 17.4 Å². The van der Waals surface area contributed by atoms with Crippen molar-refractivity contribution in [3.63, 3.8) is 0 Å². The molecule has 0 aliphatic heterocycles. The van der Waals surface area contributed by atoms with Crippen molar-refractivity contribution in [3.05, 3.63) is 76.2 Å². The van der Waals surface area contributed by atoms with Gasteiger partial charge in [0.2, 0.25) is 10.6 Å². The van der Waals surface area contributed by atoms with E-state index < -0.39 is 10.9 Å². The molecule has 1 atom stereocenters. The monoisotopic (exact) mass is 536 g/mol. The summed E-state index contributed by atoms with van der Waals surface area (Å²) in [5.74, 6) is 2.48. The maximum Gasteiger partial charge on any atom is 0.307 e. The van der Waals surface area contributed by atoms with Crippen LogP contribution in [0.25, 0.3) is 11.0 Å². The van der Waals surface area contributed by atoms with E-state index in [-0.39, 0.29) is 11.3 Å². The minimum Gasteiger partial charge on any atom is -0.868 e. The molecule has 8 nitrogen and oxygen atoms in total. The first-order valence-electron chi connectivity index (χ1n) is 12.2. The summed E-state index contributed by atoms with van der Waals surface area (Å²) in [4.78, 5) is 18.4. The first-order valence-corrected chi connectivity index (χ1v) is 14.0. The third kappa shape index (κ3) is 5.52. The Labute approximate surface area is 225 Å². The first kappa shape index (κ1) is 27.2. The second-order valence-corrected chi connectivity index (χ2v) is 10.8. The zero-order chi connectivity index (χ0) is 27.2. The van der Waals surface area contributed by atoms with Gasteiger partial charge in [-0.1, -0.05) is 30.3 Å². The predicted octanol–water partition coefficient (Wildman–Crippen LogP) is 3.93. The van der Waals surface area contributed by atoms with Gasteiger partial charge in [0.1, 0.15) is 23.4 Å². The molecular weight excluding hydrogens is 504 g/mol. The van der Waals surface area contributed by atoms with Gasteiger partial charge in [0, 0.05) is 41.0 Å². The van der Waals surface area contributed by atoms with E-state index in [1.165, 1.54) is 0 Å². The number of benzene rings is 2. The van der Waals surface area contributed by atoms with Gasteiger partial charge in [0.15, 0.2) is 11.5 Å². The Morgan fingerprint density at radius 2 is 1.71 bits per heavy atom. The SMILES string of the molecule is COc1cc(OCCC[S+](C)c2c([O-])c3cccnc3n(Cc3ccccc3C)c2=O)cc(OC)c1OC. The molecule has 0 N–H and O–H groups in total. The van der Waals surface area contributed by atoms with Gasteiger partial charge >= 0.3 is 5.56 Å². The van der Waals surface area contributed by atoms with Crippen LogP contribution in [0.1, 0.15) is 17.5 Å². The van der Waals surface area contributed by atoms with Gasteiger partial charge < -0.3 is 24.1 Å². The summed E-state index contributed by atoms with van der Waals surface area (Å²) in [7, 11) is 4.06. The molecule has 0 fully saturated rings. The number of aromatic nitrogens is 2. The average Bonchev–Trinajstić information content (AvgIpc) is 2.93. The number of hydrogen-bond acceptors (Lipinski definition) is 7. The van der Waals surface area contributed by atoms with Crippen molar-refractivity contribution in [1.29, 1.82) is 0 Å². The number of aryl methyl sites for hydroxylation is 1. The molecule has 4 rings (SSSR count). The summed E-state index contributed by atoms with van der Waals surface area (Å²) < 4.78 is 23.7. The third-order valence-electron chi connectivity index (χ3n) is 6.37. The lowest BCUT2D eigenvalue weighted by molar-refractivity contribution is -0.270. The summed E-state index contributed by atoms with van der Waals surface area (Å²) in [5, 5.41) is 13.9. The summed E-state index contributed by atoms with van der Waals surface area (Å²) in [5.41, 5.74) is 2.23. The molecule has 200 valence electrons. The van der Waals surface area contributed by atoms with Crippen molar-refractivity contribution in [2.45, 2.75) is 24.8 Å². The molecule has 38 heavy (non-hydrogen) atoms. The fraction of sp³-hybridized carbons (Fsp3) is 0.310. The van der Waals surface area contributed by atoms with Crippen molar-refractivity contribution in [3.8, 4) is 28.7 Å². The smallest absolute Gasteiger partial charge is 0.307 e. The van der Waals surface area contributed by atoms with Crippen LogP contribution in [0.15, 0.2) is 64.4 Å². The van der Waals surface area contributed by atoms with Crippen molar-refractivity contribution in [2.75, 3.05) is 39.9 Å². The largest absolute Gasteiger partial charge is 0.868 e. The lowest BCUT2D eigenvalue weighted by Gasteiger charge is -2.19. The topological polar surface area (TPSA) is 94.9 Å². The zero-order valence-corrected chi connectivity index (χ0v) is 23.1. The Morgan fingerprint density at radius 1 is 1.00 bits per heavy atom. The lowest BCUT2D eigenvalue weighted by Crippen LogP contribution is -2.30. The quantitative estimate of drug-likeness (QED) is 0.212. The Morgan fingerprint density at radius 3 is 2.37 bits per heavy atom. The van der Waals surface area contributed by atoms with Gasteiger partial charge in [0.05, 0.1) is 34.5 Å². The molecule has 0 spiro atoms. The highest BCUT2D eigenvalue weighted by Crippen LogP contribution is 2.40. The van der Waals surface area contributed by atoms with Gasteiger partial charge in [-0.3, -0.25) is 9.36 Å². The standard InChI is InChI=1S/C29H32N2O6S/c1-19-10-6-7-11-20(19)18-31-28-22(12-8-13-30-28)25(32)27(29(31)33)38(5)15-9-14-37-21-16-23(34-2)26(36-4)24(17-21)35-3/h6-8,10-13,16-17H,9,14-15,18H2,1-5H3. The number of nitrogens with zero attached hydrogens (tertiary/aromatic N) is 2. The van der Waals surface area contributed by atoms with Gasteiger partial charge in [0.25, 0.3) is 0 Å². The second kappa shape index (κ2) is 12.1. The molecule has 2 aromatic carbocycles.